The molecule has 1 aromatic heterocycles. The molecule has 0 aliphatic rings. The first-order valence-corrected chi connectivity index (χ1v) is 11.7. The van der Waals surface area contributed by atoms with E-state index in [4.69, 9.17) is 28.3 Å². The highest BCUT2D eigenvalue weighted by Gasteiger charge is 2.19. The lowest BCUT2D eigenvalue weighted by Gasteiger charge is -2.17. The van der Waals surface area contributed by atoms with Gasteiger partial charge in [0.2, 0.25) is 5.91 Å². The van der Waals surface area contributed by atoms with E-state index in [0.717, 1.165) is 0 Å². The highest BCUT2D eigenvalue weighted by molar-refractivity contribution is 6.34. The number of carbonyl (C=O) groups excluding carboxylic acids is 3. The lowest BCUT2D eigenvalue weighted by Crippen LogP contribution is -2.39. The molecule has 0 saturated heterocycles. The van der Waals surface area contributed by atoms with Gasteiger partial charge in [-0.05, 0) is 53.6 Å². The van der Waals surface area contributed by atoms with Gasteiger partial charge in [-0.3, -0.25) is 19.4 Å². The van der Waals surface area contributed by atoms with Crippen molar-refractivity contribution in [3.63, 3.8) is 0 Å². The number of hydrogen-bond donors (Lipinski definition) is 5. The average Bonchev–Trinajstić information content (AvgIpc) is 2.85. The quantitative estimate of drug-likeness (QED) is 0.262. The Morgan fingerprint density at radius 1 is 0.946 bits per heavy atom. The van der Waals surface area contributed by atoms with Crippen molar-refractivity contribution in [1.29, 1.82) is 0 Å². The van der Waals surface area contributed by atoms with Crippen molar-refractivity contribution in [2.75, 3.05) is 11.9 Å². The highest BCUT2D eigenvalue weighted by Crippen LogP contribution is 2.19. The molecule has 12 heteroatoms. The zero-order valence-electron chi connectivity index (χ0n) is 19.3. The summed E-state index contributed by atoms with van der Waals surface area (Å²) in [5.41, 5.74) is 1.81. The normalized spacial score (nSPS) is 11.2. The number of benzene rings is 2. The largest absolute Gasteiger partial charge is 0.481 e. The summed E-state index contributed by atoms with van der Waals surface area (Å²) in [6.45, 7) is -0.196. The Balaban J connectivity index is 1.52. The van der Waals surface area contributed by atoms with E-state index in [0.29, 0.717) is 26.9 Å². The van der Waals surface area contributed by atoms with Crippen LogP contribution in [0.1, 0.15) is 33.9 Å². The van der Waals surface area contributed by atoms with Crippen LogP contribution in [0.3, 0.4) is 0 Å². The van der Waals surface area contributed by atoms with Gasteiger partial charge in [0, 0.05) is 40.2 Å². The molecule has 3 rings (SSSR count). The molecule has 1 heterocycles. The molecule has 0 saturated carbocycles. The number of hydrogen-bond acceptors (Lipinski definition) is 5. The van der Waals surface area contributed by atoms with Gasteiger partial charge in [-0.1, -0.05) is 35.3 Å². The fraction of sp³-hybridized carbons (Fsp3) is 0.160. The predicted molar refractivity (Wildman–Crippen MR) is 138 cm³/mol. The number of carboxylic acids is 1. The standard InChI is InChI=1S/C25H23Cl2N5O5/c26-18-7-15(8-19(27)10-18)12-30-25(37)31-20-5-1-3-16(9-20)24(36)29-14-22(33)32-21(11-23(34)35)17-4-2-6-28-13-17/h1-10,13,21H,11-12,14H2,(H,29,36)(H,32,33)(H,34,35)(H2,30,31,37). The minimum absolute atomic E-state index is 0.184. The van der Waals surface area contributed by atoms with Crippen LogP contribution in [0.4, 0.5) is 10.5 Å². The van der Waals surface area contributed by atoms with E-state index >= 15 is 0 Å². The van der Waals surface area contributed by atoms with Crippen LogP contribution in [0.5, 0.6) is 0 Å². The molecule has 3 aromatic rings. The number of halogens is 2. The summed E-state index contributed by atoms with van der Waals surface area (Å²) in [6.07, 6.45) is 2.65. The van der Waals surface area contributed by atoms with Gasteiger partial charge in [0.05, 0.1) is 19.0 Å². The van der Waals surface area contributed by atoms with Crippen molar-refractivity contribution in [1.82, 2.24) is 20.9 Å². The fourth-order valence-electron chi connectivity index (χ4n) is 3.33. The second-order valence-electron chi connectivity index (χ2n) is 7.85. The van der Waals surface area contributed by atoms with Crippen molar-refractivity contribution in [2.45, 2.75) is 19.0 Å². The van der Waals surface area contributed by atoms with Gasteiger partial charge in [-0.15, -0.1) is 0 Å². The van der Waals surface area contributed by atoms with E-state index in [1.54, 1.807) is 42.5 Å². The number of nitrogens with zero attached hydrogens (tertiary/aromatic N) is 1. The van der Waals surface area contributed by atoms with Crippen molar-refractivity contribution < 1.29 is 24.3 Å². The SMILES string of the molecule is O=C(O)CC(NC(=O)CNC(=O)c1cccc(NC(=O)NCc2cc(Cl)cc(Cl)c2)c1)c1cccnc1. The highest BCUT2D eigenvalue weighted by atomic mass is 35.5. The van der Waals surface area contributed by atoms with Crippen LogP contribution in [-0.4, -0.2) is 40.5 Å². The predicted octanol–water partition coefficient (Wildman–Crippen LogP) is 3.77. The zero-order valence-corrected chi connectivity index (χ0v) is 20.8. The Labute approximate surface area is 222 Å². The van der Waals surface area contributed by atoms with E-state index in [9.17, 15) is 19.2 Å². The number of amides is 4. The molecule has 1 unspecified atom stereocenters. The summed E-state index contributed by atoms with van der Waals surface area (Å²) in [5.74, 6) is -2.22. The van der Waals surface area contributed by atoms with Crippen molar-refractivity contribution in [2.24, 2.45) is 0 Å². The molecule has 4 amide bonds. The second kappa shape index (κ2) is 13.2. The molecule has 2 aromatic carbocycles. The Morgan fingerprint density at radius 3 is 2.38 bits per heavy atom. The third kappa shape index (κ3) is 9.10. The topological polar surface area (TPSA) is 150 Å². The molecule has 0 radical (unpaired) electrons. The first-order valence-electron chi connectivity index (χ1n) is 11.0. The monoisotopic (exact) mass is 543 g/mol. The Bertz CT molecular complexity index is 1270. The average molecular weight is 544 g/mol. The number of carbonyl (C=O) groups is 4. The van der Waals surface area contributed by atoms with Crippen molar-refractivity contribution in [3.8, 4) is 0 Å². The number of aliphatic carboxylic acids is 1. The number of rotatable bonds is 10. The third-order valence-electron chi connectivity index (χ3n) is 4.97. The Hall–Kier alpha value is -4.15. The first-order chi connectivity index (χ1) is 17.7. The van der Waals surface area contributed by atoms with Crippen LogP contribution in [-0.2, 0) is 16.1 Å². The molecule has 0 bridgehead atoms. The number of urea groups is 1. The maximum atomic E-state index is 12.5. The van der Waals surface area contributed by atoms with Gasteiger partial charge >= 0.3 is 12.0 Å². The molecule has 192 valence electrons. The molecule has 1 atom stereocenters. The van der Waals surface area contributed by atoms with Crippen LogP contribution < -0.4 is 21.3 Å². The summed E-state index contributed by atoms with van der Waals surface area (Å²) in [4.78, 5) is 52.3. The molecule has 10 nitrogen and oxygen atoms in total. The Morgan fingerprint density at radius 2 is 1.70 bits per heavy atom. The molecule has 0 spiro atoms. The maximum Gasteiger partial charge on any atom is 0.319 e. The van der Waals surface area contributed by atoms with Gasteiger partial charge in [-0.25, -0.2) is 4.79 Å². The minimum Gasteiger partial charge on any atom is -0.481 e. The lowest BCUT2D eigenvalue weighted by molar-refractivity contribution is -0.137. The van der Waals surface area contributed by atoms with Crippen molar-refractivity contribution >= 4 is 52.7 Å². The van der Waals surface area contributed by atoms with Gasteiger partial charge < -0.3 is 26.4 Å². The molecule has 0 aliphatic heterocycles. The van der Waals surface area contributed by atoms with Crippen LogP contribution in [0.2, 0.25) is 10.0 Å². The zero-order chi connectivity index (χ0) is 26.8. The first kappa shape index (κ1) is 27.4. The van der Waals surface area contributed by atoms with Crippen molar-refractivity contribution in [3.05, 3.63) is 93.7 Å². The van der Waals surface area contributed by atoms with E-state index in [2.05, 4.69) is 26.3 Å². The molecule has 5 N–H and O–H groups in total. The van der Waals surface area contributed by atoms with Crippen LogP contribution in [0.25, 0.3) is 0 Å². The number of pyridine rings is 1. The molecular formula is C25H23Cl2N5O5. The summed E-state index contributed by atoms with van der Waals surface area (Å²) in [7, 11) is 0. The fourth-order valence-corrected chi connectivity index (χ4v) is 3.90. The number of aromatic nitrogens is 1. The third-order valence-corrected chi connectivity index (χ3v) is 5.40. The smallest absolute Gasteiger partial charge is 0.319 e. The summed E-state index contributed by atoms with van der Waals surface area (Å²) in [6, 6.07) is 13.1. The molecular weight excluding hydrogens is 521 g/mol. The molecule has 0 fully saturated rings. The van der Waals surface area contributed by atoms with Crippen LogP contribution in [0.15, 0.2) is 67.0 Å². The summed E-state index contributed by atoms with van der Waals surface area (Å²) >= 11 is 11.9. The molecule has 37 heavy (non-hydrogen) atoms. The number of carboxylic acid groups (broad SMARTS) is 1. The van der Waals surface area contributed by atoms with Gasteiger partial charge in [-0.2, -0.15) is 0 Å². The number of nitrogens with one attached hydrogen (secondary N) is 4. The molecule has 0 aliphatic carbocycles. The van der Waals surface area contributed by atoms with Gasteiger partial charge in [0.15, 0.2) is 0 Å². The summed E-state index contributed by atoms with van der Waals surface area (Å²) < 4.78 is 0. The van der Waals surface area contributed by atoms with Gasteiger partial charge in [0.25, 0.3) is 5.91 Å². The minimum atomic E-state index is -1.09. The summed E-state index contributed by atoms with van der Waals surface area (Å²) in [5, 5.41) is 20.4. The Kier molecular flexibility index (Phi) is 9.82. The number of anilines is 1. The van der Waals surface area contributed by atoms with Gasteiger partial charge in [0.1, 0.15) is 0 Å². The van der Waals surface area contributed by atoms with E-state index < -0.39 is 29.9 Å². The lowest BCUT2D eigenvalue weighted by atomic mass is 10.1. The maximum absolute atomic E-state index is 12.5. The van der Waals surface area contributed by atoms with E-state index in [-0.39, 0.29) is 25.1 Å². The second-order valence-corrected chi connectivity index (χ2v) is 8.73. The van der Waals surface area contributed by atoms with Crippen LogP contribution in [0, 0.1) is 0 Å². The van der Waals surface area contributed by atoms with E-state index in [1.165, 1.54) is 24.5 Å². The van der Waals surface area contributed by atoms with Crippen LogP contribution >= 0.6 is 23.2 Å². The van der Waals surface area contributed by atoms with E-state index in [1.807, 2.05) is 0 Å².